The third-order valence-electron chi connectivity index (χ3n) is 12.8. The average molecular weight is 1000 g/mol. The van der Waals surface area contributed by atoms with Gasteiger partial charge in [-0.2, -0.15) is 0 Å². The van der Waals surface area contributed by atoms with Crippen molar-refractivity contribution in [1.29, 1.82) is 0 Å². The van der Waals surface area contributed by atoms with Crippen molar-refractivity contribution in [3.63, 3.8) is 0 Å². The summed E-state index contributed by atoms with van der Waals surface area (Å²) in [6, 6.07) is 0. The van der Waals surface area contributed by atoms with Gasteiger partial charge in [-0.3, -0.25) is 9.59 Å². The van der Waals surface area contributed by atoms with Gasteiger partial charge in [0.25, 0.3) is 0 Å². The molecule has 0 fully saturated rings. The second kappa shape index (κ2) is 61.9. The lowest BCUT2D eigenvalue weighted by molar-refractivity contribution is -0.163. The Labute approximate surface area is 446 Å². The predicted octanol–water partition coefficient (Wildman–Crippen LogP) is 21.1. The Morgan fingerprint density at radius 2 is 0.625 bits per heavy atom. The Hall–Kier alpha value is -3.44. The van der Waals surface area contributed by atoms with E-state index in [0.717, 1.165) is 116 Å². The largest absolute Gasteiger partial charge is 0.462 e. The van der Waals surface area contributed by atoms with Gasteiger partial charge in [0.1, 0.15) is 6.61 Å². The molecule has 5 heteroatoms. The third kappa shape index (κ3) is 59.1. The van der Waals surface area contributed by atoms with Crippen LogP contribution >= 0.6 is 0 Å². The van der Waals surface area contributed by atoms with Gasteiger partial charge in [0.05, 0.1) is 6.61 Å². The van der Waals surface area contributed by atoms with E-state index in [4.69, 9.17) is 14.2 Å². The summed E-state index contributed by atoms with van der Waals surface area (Å²) in [5, 5.41) is 0. The first-order valence-electron chi connectivity index (χ1n) is 30.4. The zero-order valence-corrected chi connectivity index (χ0v) is 47.4. The van der Waals surface area contributed by atoms with Gasteiger partial charge in [-0.05, 0) is 122 Å². The second-order valence-electron chi connectivity index (χ2n) is 19.8. The minimum atomic E-state index is -0.557. The van der Waals surface area contributed by atoms with Crippen LogP contribution in [0.25, 0.3) is 0 Å². The molecule has 0 aromatic heterocycles. The summed E-state index contributed by atoms with van der Waals surface area (Å²) in [5.41, 5.74) is 0. The summed E-state index contributed by atoms with van der Waals surface area (Å²) in [5.74, 6) is -0.423. The number of ether oxygens (including phenoxy) is 3. The minimum absolute atomic E-state index is 0.0674. The van der Waals surface area contributed by atoms with Crippen LogP contribution in [0, 0.1) is 0 Å². The van der Waals surface area contributed by atoms with Gasteiger partial charge >= 0.3 is 11.9 Å². The van der Waals surface area contributed by atoms with Crippen LogP contribution in [-0.4, -0.2) is 37.9 Å². The summed E-state index contributed by atoms with van der Waals surface area (Å²) in [6.45, 7) is 7.57. The lowest BCUT2D eigenvalue weighted by Crippen LogP contribution is -2.30. The van der Waals surface area contributed by atoms with E-state index in [1.165, 1.54) is 128 Å². The number of hydrogen-bond donors (Lipinski definition) is 0. The first-order chi connectivity index (χ1) is 35.6. The molecule has 72 heavy (non-hydrogen) atoms. The predicted molar refractivity (Wildman–Crippen MR) is 316 cm³/mol. The summed E-state index contributed by atoms with van der Waals surface area (Å²) >= 11 is 0. The molecule has 0 amide bonds. The highest BCUT2D eigenvalue weighted by atomic mass is 16.6. The Balaban J connectivity index is 4.33. The SMILES string of the molecule is CC/C=C\C/C=C\C/C=C\C/C=C\CCCCCCCCC(=O)OCC(COCCCCCCCCCCCC/C=C\C/C=C\CCCCC)OC(=O)CCCCCCCCC/C=C\C/C=C\C/C=C\CC. The molecule has 0 aromatic carbocycles. The van der Waals surface area contributed by atoms with Crippen molar-refractivity contribution in [2.24, 2.45) is 0 Å². The molecule has 0 aliphatic rings. The van der Waals surface area contributed by atoms with Crippen molar-refractivity contribution in [1.82, 2.24) is 0 Å². The highest BCUT2D eigenvalue weighted by molar-refractivity contribution is 5.70. The fourth-order valence-corrected chi connectivity index (χ4v) is 8.31. The van der Waals surface area contributed by atoms with E-state index in [2.05, 4.69) is 130 Å². The van der Waals surface area contributed by atoms with Crippen LogP contribution in [-0.2, 0) is 23.8 Å². The van der Waals surface area contributed by atoms with Crippen molar-refractivity contribution >= 4 is 11.9 Å². The molecule has 1 unspecified atom stereocenters. The number of hydrogen-bond acceptors (Lipinski definition) is 5. The first-order valence-corrected chi connectivity index (χ1v) is 30.4. The molecule has 0 spiro atoms. The topological polar surface area (TPSA) is 61.8 Å². The van der Waals surface area contributed by atoms with Crippen molar-refractivity contribution in [2.75, 3.05) is 19.8 Å². The molecule has 0 saturated carbocycles. The fraction of sp³-hybridized carbons (Fsp3) is 0.701. The van der Waals surface area contributed by atoms with Crippen molar-refractivity contribution in [3.05, 3.63) is 109 Å². The molecular formula is C67H114O5. The minimum Gasteiger partial charge on any atom is -0.462 e. The molecule has 412 valence electrons. The summed E-state index contributed by atoms with van der Waals surface area (Å²) in [6.07, 6.45) is 85.4. The molecule has 0 radical (unpaired) electrons. The first kappa shape index (κ1) is 68.6. The molecular weight excluding hydrogens is 885 g/mol. The van der Waals surface area contributed by atoms with Gasteiger partial charge < -0.3 is 14.2 Å². The van der Waals surface area contributed by atoms with Crippen molar-refractivity contribution in [2.45, 2.75) is 284 Å². The van der Waals surface area contributed by atoms with Crippen LogP contribution < -0.4 is 0 Å². The third-order valence-corrected chi connectivity index (χ3v) is 12.8. The van der Waals surface area contributed by atoms with E-state index in [1.807, 2.05) is 0 Å². The monoisotopic (exact) mass is 999 g/mol. The van der Waals surface area contributed by atoms with Crippen molar-refractivity contribution in [3.8, 4) is 0 Å². The molecule has 0 bridgehead atoms. The number of carbonyl (C=O) groups is 2. The van der Waals surface area contributed by atoms with Crippen LogP contribution in [0.2, 0.25) is 0 Å². The van der Waals surface area contributed by atoms with E-state index in [-0.39, 0.29) is 25.2 Å². The van der Waals surface area contributed by atoms with Crippen molar-refractivity contribution < 1.29 is 23.8 Å². The smallest absolute Gasteiger partial charge is 0.306 e. The van der Waals surface area contributed by atoms with E-state index in [1.54, 1.807) is 0 Å². The molecule has 5 nitrogen and oxygen atoms in total. The normalized spacial score (nSPS) is 13.0. The number of rotatable bonds is 55. The molecule has 0 heterocycles. The standard InChI is InChI=1S/C67H114O5/c1-4-7-10-13-16-19-22-25-28-31-33-35-38-41-44-47-50-53-56-59-62-70-63-65(72-67(69)61-58-55-52-49-46-43-40-36-30-27-24-21-18-15-12-9-6-3)64-71-66(68)60-57-54-51-48-45-42-39-37-34-32-29-26-23-20-17-14-11-8-5-2/h8-9,11-12,16-21,25-30,34,37,65H,4-7,10,13-15,22-24,31-33,35-36,38-64H2,1-3H3/b11-8-,12-9-,19-16-,20-17-,21-18-,28-25-,29-26-,30-27-,37-34-. The quantitative estimate of drug-likeness (QED) is 0.0345. The molecule has 0 aromatic rings. The van der Waals surface area contributed by atoms with E-state index in [0.29, 0.717) is 19.4 Å². The molecule has 0 saturated heterocycles. The van der Waals surface area contributed by atoms with Gasteiger partial charge in [-0.15, -0.1) is 0 Å². The van der Waals surface area contributed by atoms with Crippen LogP contribution in [0.5, 0.6) is 0 Å². The summed E-state index contributed by atoms with van der Waals surface area (Å²) < 4.78 is 17.5. The zero-order valence-electron chi connectivity index (χ0n) is 47.4. The molecule has 0 aliphatic heterocycles. The Bertz CT molecular complexity index is 1410. The van der Waals surface area contributed by atoms with E-state index in [9.17, 15) is 9.59 Å². The van der Waals surface area contributed by atoms with E-state index < -0.39 is 6.10 Å². The summed E-state index contributed by atoms with van der Waals surface area (Å²) in [7, 11) is 0. The van der Waals surface area contributed by atoms with Crippen LogP contribution in [0.4, 0.5) is 0 Å². The lowest BCUT2D eigenvalue weighted by Gasteiger charge is -2.18. The van der Waals surface area contributed by atoms with Crippen LogP contribution in [0.3, 0.4) is 0 Å². The molecule has 0 N–H and O–H groups in total. The highest BCUT2D eigenvalue weighted by Gasteiger charge is 2.17. The number of allylic oxidation sites excluding steroid dienone is 18. The number of esters is 2. The number of carbonyl (C=O) groups excluding carboxylic acids is 2. The zero-order chi connectivity index (χ0) is 52.0. The van der Waals surface area contributed by atoms with Gasteiger partial charge in [0.15, 0.2) is 6.10 Å². The summed E-state index contributed by atoms with van der Waals surface area (Å²) in [4.78, 5) is 25.6. The Morgan fingerprint density at radius 1 is 0.319 bits per heavy atom. The molecule has 1 atom stereocenters. The van der Waals surface area contributed by atoms with Crippen LogP contribution in [0.15, 0.2) is 109 Å². The maximum atomic E-state index is 12.9. The molecule has 0 rings (SSSR count). The van der Waals surface area contributed by atoms with Gasteiger partial charge in [-0.1, -0.05) is 252 Å². The van der Waals surface area contributed by atoms with Crippen LogP contribution in [0.1, 0.15) is 278 Å². The van der Waals surface area contributed by atoms with Gasteiger partial charge in [0, 0.05) is 19.4 Å². The van der Waals surface area contributed by atoms with Gasteiger partial charge in [0.2, 0.25) is 0 Å². The maximum absolute atomic E-state index is 12.9. The Morgan fingerprint density at radius 3 is 1.00 bits per heavy atom. The van der Waals surface area contributed by atoms with Gasteiger partial charge in [-0.25, -0.2) is 0 Å². The maximum Gasteiger partial charge on any atom is 0.306 e. The second-order valence-corrected chi connectivity index (χ2v) is 19.8. The van der Waals surface area contributed by atoms with E-state index >= 15 is 0 Å². The highest BCUT2D eigenvalue weighted by Crippen LogP contribution is 2.15. The fourth-order valence-electron chi connectivity index (χ4n) is 8.31. The average Bonchev–Trinajstić information content (AvgIpc) is 3.38. The molecule has 0 aliphatic carbocycles. The number of unbranched alkanes of at least 4 members (excludes halogenated alkanes) is 26. The lowest BCUT2D eigenvalue weighted by atomic mass is 10.1. The Kier molecular flexibility index (Phi) is 58.9.